The number of hydrogen-bond acceptors (Lipinski definition) is 3. The number of hydrogen-bond donors (Lipinski definition) is 1. The summed E-state index contributed by atoms with van der Waals surface area (Å²) in [7, 11) is -3.29. The lowest BCUT2D eigenvalue weighted by molar-refractivity contribution is 0.578. The number of rotatable bonds is 6. The van der Waals surface area contributed by atoms with Crippen LogP contribution in [0.3, 0.4) is 0 Å². The Balaban J connectivity index is 2.39. The molecule has 0 bridgehead atoms. The van der Waals surface area contributed by atoms with E-state index in [2.05, 4.69) is 4.72 Å². The van der Waals surface area contributed by atoms with Crippen LogP contribution in [0.25, 0.3) is 0 Å². The van der Waals surface area contributed by atoms with Crippen molar-refractivity contribution < 1.29 is 8.42 Å². The molecule has 1 unspecified atom stereocenters. The fourth-order valence-electron chi connectivity index (χ4n) is 1.08. The van der Waals surface area contributed by atoms with Crippen molar-refractivity contribution in [1.29, 1.82) is 0 Å². The molecule has 1 aromatic rings. The maximum atomic E-state index is 11.6. The van der Waals surface area contributed by atoms with Gasteiger partial charge < -0.3 is 0 Å². The van der Waals surface area contributed by atoms with E-state index in [0.717, 1.165) is 12.8 Å². The first-order chi connectivity index (χ1) is 7.02. The van der Waals surface area contributed by atoms with Crippen LogP contribution in [-0.4, -0.2) is 20.3 Å². The minimum Gasteiger partial charge on any atom is -0.210 e. The summed E-state index contributed by atoms with van der Waals surface area (Å²) < 4.78 is 26.1. The third-order valence-corrected chi connectivity index (χ3v) is 4.91. The summed E-state index contributed by atoms with van der Waals surface area (Å²) in [5.41, 5.74) is 0. The van der Waals surface area contributed by atoms with Gasteiger partial charge >= 0.3 is 0 Å². The average molecular weight is 268 g/mol. The first kappa shape index (κ1) is 13.0. The Labute approximate surface area is 99.5 Å². The van der Waals surface area contributed by atoms with E-state index in [0.29, 0.717) is 10.8 Å². The van der Waals surface area contributed by atoms with E-state index in [1.165, 1.54) is 11.3 Å². The molecule has 0 aliphatic rings. The molecule has 3 nitrogen and oxygen atoms in total. The number of halogens is 1. The van der Waals surface area contributed by atoms with Crippen LogP contribution >= 0.6 is 22.9 Å². The number of thiophene rings is 1. The second-order valence-corrected chi connectivity index (χ2v) is 6.94. The maximum absolute atomic E-state index is 11.6. The first-order valence-corrected chi connectivity index (χ1v) is 7.49. The molecule has 0 saturated heterocycles. The van der Waals surface area contributed by atoms with Crippen LogP contribution < -0.4 is 4.72 Å². The van der Waals surface area contributed by atoms with E-state index in [-0.39, 0.29) is 5.38 Å². The maximum Gasteiger partial charge on any atom is 0.250 e. The van der Waals surface area contributed by atoms with Gasteiger partial charge in [-0.3, -0.25) is 0 Å². The summed E-state index contributed by atoms with van der Waals surface area (Å²) in [6, 6.07) is 3.32. The highest BCUT2D eigenvalue weighted by Gasteiger charge is 2.13. The van der Waals surface area contributed by atoms with Gasteiger partial charge in [0.05, 0.1) is 0 Å². The quantitative estimate of drug-likeness (QED) is 0.636. The molecule has 86 valence electrons. The molecule has 1 rings (SSSR count). The van der Waals surface area contributed by atoms with E-state index in [1.807, 2.05) is 6.92 Å². The van der Waals surface area contributed by atoms with E-state index in [4.69, 9.17) is 11.6 Å². The smallest absolute Gasteiger partial charge is 0.210 e. The van der Waals surface area contributed by atoms with Crippen molar-refractivity contribution in [1.82, 2.24) is 4.72 Å². The number of sulfonamides is 1. The lowest BCUT2D eigenvalue weighted by atomic mass is 10.2. The van der Waals surface area contributed by atoms with Crippen molar-refractivity contribution >= 4 is 33.0 Å². The fraction of sp³-hybridized carbons (Fsp3) is 0.556. The standard InChI is InChI=1S/C9H14ClNO2S2/c1-8(10)4-2-6-11-15(12,13)9-5-3-7-14-9/h3,5,7-8,11H,2,4,6H2,1H3. The monoisotopic (exact) mass is 267 g/mol. The summed E-state index contributed by atoms with van der Waals surface area (Å²) in [6.45, 7) is 2.34. The SMILES string of the molecule is CC(Cl)CCCNS(=O)(=O)c1cccs1. The van der Waals surface area contributed by atoms with Crippen molar-refractivity contribution in [2.45, 2.75) is 29.4 Å². The van der Waals surface area contributed by atoms with Gasteiger partial charge in [-0.2, -0.15) is 0 Å². The van der Waals surface area contributed by atoms with Gasteiger partial charge in [-0.1, -0.05) is 6.07 Å². The highest BCUT2D eigenvalue weighted by atomic mass is 35.5. The molecule has 0 radical (unpaired) electrons. The largest absolute Gasteiger partial charge is 0.250 e. The Morgan fingerprint density at radius 3 is 2.87 bits per heavy atom. The Hall–Kier alpha value is -0.100. The molecule has 0 aliphatic heterocycles. The Kier molecular flexibility index (Phi) is 5.05. The number of nitrogens with one attached hydrogen (secondary N) is 1. The van der Waals surface area contributed by atoms with E-state index >= 15 is 0 Å². The third-order valence-electron chi connectivity index (χ3n) is 1.83. The highest BCUT2D eigenvalue weighted by molar-refractivity contribution is 7.91. The zero-order valence-electron chi connectivity index (χ0n) is 8.44. The molecule has 1 heterocycles. The van der Waals surface area contributed by atoms with E-state index < -0.39 is 10.0 Å². The first-order valence-electron chi connectivity index (χ1n) is 4.69. The van der Waals surface area contributed by atoms with Crippen LogP contribution in [0, 0.1) is 0 Å². The van der Waals surface area contributed by atoms with Crippen molar-refractivity contribution in [3.05, 3.63) is 17.5 Å². The van der Waals surface area contributed by atoms with Crippen LogP contribution in [0.4, 0.5) is 0 Å². The van der Waals surface area contributed by atoms with Gasteiger partial charge in [-0.05, 0) is 31.2 Å². The minimum atomic E-state index is -3.29. The van der Waals surface area contributed by atoms with Gasteiger partial charge in [0.1, 0.15) is 4.21 Å². The van der Waals surface area contributed by atoms with Crippen molar-refractivity contribution in [2.24, 2.45) is 0 Å². The van der Waals surface area contributed by atoms with Gasteiger partial charge in [0, 0.05) is 11.9 Å². The van der Waals surface area contributed by atoms with Crippen LogP contribution in [0.2, 0.25) is 0 Å². The molecule has 0 spiro atoms. The van der Waals surface area contributed by atoms with Gasteiger partial charge in [0.15, 0.2) is 0 Å². The second kappa shape index (κ2) is 5.84. The third kappa shape index (κ3) is 4.51. The van der Waals surface area contributed by atoms with E-state index in [1.54, 1.807) is 17.5 Å². The molecule has 6 heteroatoms. The predicted molar refractivity (Wildman–Crippen MR) is 64.1 cm³/mol. The van der Waals surface area contributed by atoms with Gasteiger partial charge in [-0.25, -0.2) is 13.1 Å². The van der Waals surface area contributed by atoms with Gasteiger partial charge in [-0.15, -0.1) is 22.9 Å². The Morgan fingerprint density at radius 2 is 2.33 bits per heavy atom. The molecule has 0 saturated carbocycles. The zero-order chi connectivity index (χ0) is 11.3. The van der Waals surface area contributed by atoms with Crippen LogP contribution in [0.1, 0.15) is 19.8 Å². The number of alkyl halides is 1. The molecule has 0 aliphatic carbocycles. The lowest BCUT2D eigenvalue weighted by Crippen LogP contribution is -2.24. The zero-order valence-corrected chi connectivity index (χ0v) is 10.8. The minimum absolute atomic E-state index is 0.0937. The van der Waals surface area contributed by atoms with Crippen molar-refractivity contribution in [3.63, 3.8) is 0 Å². The normalized spacial score (nSPS) is 14.0. The van der Waals surface area contributed by atoms with Crippen LogP contribution in [0.15, 0.2) is 21.7 Å². The molecule has 0 fully saturated rings. The molecule has 1 atom stereocenters. The second-order valence-electron chi connectivity index (χ2n) is 3.25. The molecule has 0 aromatic carbocycles. The molecule has 0 amide bonds. The fourth-order valence-corrected chi connectivity index (χ4v) is 3.34. The molecular formula is C9H14ClNO2S2. The molecule has 1 aromatic heterocycles. The van der Waals surface area contributed by atoms with Crippen molar-refractivity contribution in [2.75, 3.05) is 6.54 Å². The highest BCUT2D eigenvalue weighted by Crippen LogP contribution is 2.15. The summed E-state index contributed by atoms with van der Waals surface area (Å²) >= 11 is 6.97. The molecule has 15 heavy (non-hydrogen) atoms. The summed E-state index contributed by atoms with van der Waals surface area (Å²) in [4.78, 5) is 0. The summed E-state index contributed by atoms with van der Waals surface area (Å²) in [6.07, 6.45) is 1.57. The predicted octanol–water partition coefficient (Wildman–Crippen LogP) is 2.43. The van der Waals surface area contributed by atoms with Crippen molar-refractivity contribution in [3.8, 4) is 0 Å². The summed E-state index contributed by atoms with van der Waals surface area (Å²) in [5, 5.41) is 1.84. The van der Waals surface area contributed by atoms with Gasteiger partial charge in [0.25, 0.3) is 0 Å². The van der Waals surface area contributed by atoms with Crippen LogP contribution in [0.5, 0.6) is 0 Å². The Bertz CT molecular complexity index is 373. The van der Waals surface area contributed by atoms with E-state index in [9.17, 15) is 8.42 Å². The topological polar surface area (TPSA) is 46.2 Å². The molecule has 1 N–H and O–H groups in total. The van der Waals surface area contributed by atoms with Crippen LogP contribution in [-0.2, 0) is 10.0 Å². The average Bonchev–Trinajstić information content (AvgIpc) is 2.65. The Morgan fingerprint density at radius 1 is 1.60 bits per heavy atom. The molecular weight excluding hydrogens is 254 g/mol. The lowest BCUT2D eigenvalue weighted by Gasteiger charge is -2.05. The van der Waals surface area contributed by atoms with Gasteiger partial charge in [0.2, 0.25) is 10.0 Å². The summed E-state index contributed by atoms with van der Waals surface area (Å²) in [5.74, 6) is 0.